The normalized spacial score (nSPS) is 9.72. The first-order valence-corrected chi connectivity index (χ1v) is 5.96. The SMILES string of the molecule is COc1ccc(NC(=O)CNC(=O)CN)cc1Br. The summed E-state index contributed by atoms with van der Waals surface area (Å²) in [7, 11) is 1.56. The van der Waals surface area contributed by atoms with Crippen LogP contribution in [-0.4, -0.2) is 32.0 Å². The predicted octanol–water partition coefficient (Wildman–Crippen LogP) is 0.471. The number of carbonyl (C=O) groups excluding carboxylic acids is 2. The summed E-state index contributed by atoms with van der Waals surface area (Å²) in [5.41, 5.74) is 5.70. The number of amides is 2. The minimum absolute atomic E-state index is 0.111. The molecule has 2 amide bonds. The van der Waals surface area contributed by atoms with Crippen molar-refractivity contribution in [1.29, 1.82) is 0 Å². The summed E-state index contributed by atoms with van der Waals surface area (Å²) in [6.45, 7) is -0.249. The van der Waals surface area contributed by atoms with Crippen LogP contribution in [-0.2, 0) is 9.59 Å². The second kappa shape index (κ2) is 6.97. The highest BCUT2D eigenvalue weighted by molar-refractivity contribution is 9.10. The smallest absolute Gasteiger partial charge is 0.243 e. The molecule has 1 aromatic carbocycles. The number of methoxy groups -OCH3 is 1. The molecule has 0 unspecified atom stereocenters. The molecule has 0 aliphatic heterocycles. The number of benzene rings is 1. The zero-order chi connectivity index (χ0) is 13.5. The number of hydrogen-bond donors (Lipinski definition) is 3. The molecule has 0 saturated heterocycles. The van der Waals surface area contributed by atoms with E-state index in [9.17, 15) is 9.59 Å². The maximum atomic E-state index is 11.5. The Balaban J connectivity index is 2.54. The number of rotatable bonds is 5. The highest BCUT2D eigenvalue weighted by atomic mass is 79.9. The maximum Gasteiger partial charge on any atom is 0.243 e. The van der Waals surface area contributed by atoms with Crippen LogP contribution in [0.3, 0.4) is 0 Å². The third-order valence-electron chi connectivity index (χ3n) is 2.07. The van der Waals surface area contributed by atoms with Crippen LogP contribution >= 0.6 is 15.9 Å². The van der Waals surface area contributed by atoms with E-state index >= 15 is 0 Å². The Bertz CT molecular complexity index is 451. The number of halogens is 1. The van der Waals surface area contributed by atoms with E-state index < -0.39 is 0 Å². The first-order chi connectivity index (χ1) is 8.56. The Morgan fingerprint density at radius 2 is 2.11 bits per heavy atom. The quantitative estimate of drug-likeness (QED) is 0.736. The Kier molecular flexibility index (Phi) is 5.60. The van der Waals surface area contributed by atoms with Gasteiger partial charge in [0.25, 0.3) is 0 Å². The number of anilines is 1. The van der Waals surface area contributed by atoms with Gasteiger partial charge in [0.15, 0.2) is 0 Å². The van der Waals surface area contributed by atoms with Gasteiger partial charge in [0.2, 0.25) is 11.8 Å². The van der Waals surface area contributed by atoms with E-state index in [1.54, 1.807) is 25.3 Å². The molecule has 1 aromatic rings. The number of ether oxygens (including phenoxy) is 1. The van der Waals surface area contributed by atoms with Gasteiger partial charge in [0, 0.05) is 5.69 Å². The van der Waals surface area contributed by atoms with E-state index in [1.807, 2.05) is 0 Å². The van der Waals surface area contributed by atoms with Gasteiger partial charge < -0.3 is 21.1 Å². The van der Waals surface area contributed by atoms with Crippen LogP contribution in [0.2, 0.25) is 0 Å². The molecule has 6 nitrogen and oxygen atoms in total. The van der Waals surface area contributed by atoms with Crippen LogP contribution in [0.25, 0.3) is 0 Å². The average Bonchev–Trinajstić information content (AvgIpc) is 2.36. The van der Waals surface area contributed by atoms with E-state index in [0.29, 0.717) is 11.4 Å². The van der Waals surface area contributed by atoms with Crippen molar-refractivity contribution >= 4 is 33.4 Å². The predicted molar refractivity (Wildman–Crippen MR) is 71.4 cm³/mol. The highest BCUT2D eigenvalue weighted by Gasteiger charge is 2.06. The Morgan fingerprint density at radius 3 is 2.67 bits per heavy atom. The van der Waals surface area contributed by atoms with Crippen LogP contribution in [0, 0.1) is 0 Å². The van der Waals surface area contributed by atoms with Crippen molar-refractivity contribution in [2.75, 3.05) is 25.5 Å². The third kappa shape index (κ3) is 4.34. The number of nitrogens with one attached hydrogen (secondary N) is 2. The van der Waals surface area contributed by atoms with Gasteiger partial charge in [0.05, 0.1) is 24.7 Å². The van der Waals surface area contributed by atoms with Gasteiger partial charge >= 0.3 is 0 Å². The summed E-state index contributed by atoms with van der Waals surface area (Å²) in [6.07, 6.45) is 0. The van der Waals surface area contributed by atoms with Crippen LogP contribution in [0.5, 0.6) is 5.75 Å². The van der Waals surface area contributed by atoms with Crippen molar-refractivity contribution in [3.63, 3.8) is 0 Å². The topological polar surface area (TPSA) is 93.5 Å². The summed E-state index contributed by atoms with van der Waals surface area (Å²) >= 11 is 3.31. The Hall–Kier alpha value is -1.60. The average molecular weight is 316 g/mol. The molecule has 7 heteroatoms. The number of carbonyl (C=O) groups is 2. The Labute approximate surface area is 113 Å². The van der Waals surface area contributed by atoms with Crippen molar-refractivity contribution in [3.8, 4) is 5.75 Å². The molecular formula is C11H14BrN3O3. The standard InChI is InChI=1S/C11H14BrN3O3/c1-18-9-3-2-7(4-8(9)12)15-11(17)6-14-10(16)5-13/h2-4H,5-6,13H2,1H3,(H,14,16)(H,15,17). The van der Waals surface area contributed by atoms with E-state index in [1.165, 1.54) is 0 Å². The molecular weight excluding hydrogens is 302 g/mol. The van der Waals surface area contributed by atoms with Gasteiger partial charge in [-0.05, 0) is 34.1 Å². The largest absolute Gasteiger partial charge is 0.496 e. The maximum absolute atomic E-state index is 11.5. The zero-order valence-corrected chi connectivity index (χ0v) is 11.4. The third-order valence-corrected chi connectivity index (χ3v) is 2.69. The number of hydrogen-bond acceptors (Lipinski definition) is 4. The first-order valence-electron chi connectivity index (χ1n) is 5.17. The molecule has 0 aromatic heterocycles. The van der Waals surface area contributed by atoms with E-state index in [0.717, 1.165) is 4.47 Å². The van der Waals surface area contributed by atoms with Gasteiger partial charge in [-0.25, -0.2) is 0 Å². The molecule has 0 atom stereocenters. The monoisotopic (exact) mass is 315 g/mol. The molecule has 18 heavy (non-hydrogen) atoms. The molecule has 4 N–H and O–H groups in total. The minimum atomic E-state index is -0.374. The molecule has 0 radical (unpaired) electrons. The fourth-order valence-electron chi connectivity index (χ4n) is 1.20. The van der Waals surface area contributed by atoms with Crippen molar-refractivity contribution in [1.82, 2.24) is 5.32 Å². The number of nitrogens with two attached hydrogens (primary N) is 1. The fraction of sp³-hybridized carbons (Fsp3) is 0.273. The molecule has 1 rings (SSSR count). The van der Waals surface area contributed by atoms with Crippen molar-refractivity contribution < 1.29 is 14.3 Å². The van der Waals surface area contributed by atoms with Crippen LogP contribution in [0.15, 0.2) is 22.7 Å². The lowest BCUT2D eigenvalue weighted by atomic mass is 10.3. The lowest BCUT2D eigenvalue weighted by Crippen LogP contribution is -2.36. The zero-order valence-electron chi connectivity index (χ0n) is 9.83. The van der Waals surface area contributed by atoms with Crippen LogP contribution in [0.4, 0.5) is 5.69 Å². The van der Waals surface area contributed by atoms with Gasteiger partial charge in [-0.2, -0.15) is 0 Å². The van der Waals surface area contributed by atoms with E-state index in [4.69, 9.17) is 10.5 Å². The minimum Gasteiger partial charge on any atom is -0.496 e. The van der Waals surface area contributed by atoms with Gasteiger partial charge in [0.1, 0.15) is 5.75 Å². The van der Waals surface area contributed by atoms with Crippen LogP contribution < -0.4 is 21.1 Å². The van der Waals surface area contributed by atoms with Crippen molar-refractivity contribution in [3.05, 3.63) is 22.7 Å². The summed E-state index contributed by atoms with van der Waals surface area (Å²) in [5.74, 6) is -0.0284. The second-order valence-electron chi connectivity index (χ2n) is 3.38. The summed E-state index contributed by atoms with van der Waals surface area (Å²) in [4.78, 5) is 22.4. The molecule has 0 bridgehead atoms. The summed E-state index contributed by atoms with van der Waals surface area (Å²) in [5, 5.41) is 5.01. The lowest BCUT2D eigenvalue weighted by molar-refractivity contribution is -0.123. The molecule has 0 fully saturated rings. The molecule has 98 valence electrons. The van der Waals surface area contributed by atoms with E-state index in [-0.39, 0.29) is 24.9 Å². The van der Waals surface area contributed by atoms with Crippen molar-refractivity contribution in [2.24, 2.45) is 5.73 Å². The first kappa shape index (κ1) is 14.5. The molecule has 0 saturated carbocycles. The second-order valence-corrected chi connectivity index (χ2v) is 4.23. The van der Waals surface area contributed by atoms with Gasteiger partial charge in [-0.3, -0.25) is 9.59 Å². The molecule has 0 heterocycles. The van der Waals surface area contributed by atoms with Gasteiger partial charge in [-0.1, -0.05) is 0 Å². The fourth-order valence-corrected chi connectivity index (χ4v) is 1.74. The highest BCUT2D eigenvalue weighted by Crippen LogP contribution is 2.27. The molecule has 0 aliphatic carbocycles. The lowest BCUT2D eigenvalue weighted by Gasteiger charge is -2.08. The van der Waals surface area contributed by atoms with Crippen molar-refractivity contribution in [2.45, 2.75) is 0 Å². The summed E-state index contributed by atoms with van der Waals surface area (Å²) in [6, 6.07) is 5.13. The molecule has 0 aliphatic rings. The summed E-state index contributed by atoms with van der Waals surface area (Å²) < 4.78 is 5.80. The van der Waals surface area contributed by atoms with Gasteiger partial charge in [-0.15, -0.1) is 0 Å². The Morgan fingerprint density at radius 1 is 1.39 bits per heavy atom. The van der Waals surface area contributed by atoms with E-state index in [2.05, 4.69) is 26.6 Å². The van der Waals surface area contributed by atoms with Crippen LogP contribution in [0.1, 0.15) is 0 Å². The molecule has 0 spiro atoms.